The molecule has 0 aromatic rings. The first kappa shape index (κ1) is 14.2. The molecule has 0 rings (SSSR count). The zero-order valence-corrected chi connectivity index (χ0v) is 8.08. The molecule has 74 valence electrons. The van der Waals surface area contributed by atoms with Crippen molar-refractivity contribution in [3.63, 3.8) is 0 Å². The highest BCUT2D eigenvalue weighted by Crippen LogP contribution is 1.98. The molecule has 0 amide bonds. The number of carbonyl (C=O) groups excluding carboxylic acids is 1. The second kappa shape index (κ2) is 8.74. The Balaban J connectivity index is 0. The van der Waals surface area contributed by atoms with Crippen molar-refractivity contribution in [2.45, 2.75) is 13.3 Å². The van der Waals surface area contributed by atoms with Crippen LogP contribution in [0.4, 0.5) is 0 Å². The summed E-state index contributed by atoms with van der Waals surface area (Å²) < 4.78 is 4.79. The van der Waals surface area contributed by atoms with Gasteiger partial charge in [0.1, 0.15) is 6.61 Å². The number of rotatable bonds is 5. The van der Waals surface area contributed by atoms with Crippen molar-refractivity contribution in [2.75, 3.05) is 6.61 Å². The molecule has 3 N–H and O–H groups in total. The molecule has 13 heavy (non-hydrogen) atoms. The van der Waals surface area contributed by atoms with Crippen molar-refractivity contribution < 1.29 is 9.53 Å². The summed E-state index contributed by atoms with van der Waals surface area (Å²) in [6, 6.07) is 0. The van der Waals surface area contributed by atoms with Crippen molar-refractivity contribution in [2.24, 2.45) is 0 Å². The van der Waals surface area contributed by atoms with Crippen molar-refractivity contribution in [1.29, 1.82) is 0 Å². The summed E-state index contributed by atoms with van der Waals surface area (Å²) in [7, 11) is 0. The Morgan fingerprint density at radius 1 is 1.38 bits per heavy atom. The molecule has 0 aliphatic heterocycles. The first-order chi connectivity index (χ1) is 5.72. The molecule has 0 spiro atoms. The van der Waals surface area contributed by atoms with Gasteiger partial charge in [0.2, 0.25) is 0 Å². The predicted molar refractivity (Wildman–Crippen MR) is 54.7 cm³/mol. The van der Waals surface area contributed by atoms with E-state index in [-0.39, 0.29) is 18.7 Å². The van der Waals surface area contributed by atoms with Crippen molar-refractivity contribution in [3.8, 4) is 0 Å². The lowest BCUT2D eigenvalue weighted by atomic mass is 10.2. The van der Waals surface area contributed by atoms with Gasteiger partial charge in [-0.2, -0.15) is 0 Å². The van der Waals surface area contributed by atoms with Crippen molar-refractivity contribution >= 4 is 5.97 Å². The highest BCUT2D eigenvalue weighted by molar-refractivity contribution is 5.87. The van der Waals surface area contributed by atoms with Crippen LogP contribution in [0.3, 0.4) is 0 Å². The minimum Gasteiger partial charge on any atom is -0.458 e. The molecule has 0 atom stereocenters. The van der Waals surface area contributed by atoms with Crippen LogP contribution in [0.25, 0.3) is 0 Å². The molecule has 0 aliphatic carbocycles. The zero-order valence-electron chi connectivity index (χ0n) is 8.08. The van der Waals surface area contributed by atoms with E-state index in [1.165, 1.54) is 0 Å². The molecule has 0 radical (unpaired) electrons. The lowest BCUT2D eigenvalue weighted by Gasteiger charge is -2.00. The van der Waals surface area contributed by atoms with E-state index >= 15 is 0 Å². The van der Waals surface area contributed by atoms with Gasteiger partial charge in [-0.05, 0) is 13.3 Å². The maximum Gasteiger partial charge on any atom is 0.333 e. The van der Waals surface area contributed by atoms with Gasteiger partial charge in [-0.3, -0.25) is 0 Å². The number of ether oxygens (including phenoxy) is 1. The number of esters is 1. The second-order valence-electron chi connectivity index (χ2n) is 2.30. The molecule has 0 fully saturated rings. The van der Waals surface area contributed by atoms with Crippen LogP contribution in [0.2, 0.25) is 0 Å². The van der Waals surface area contributed by atoms with Crippen molar-refractivity contribution in [3.05, 3.63) is 37.0 Å². The summed E-state index contributed by atoms with van der Waals surface area (Å²) in [6.07, 6.45) is 5.73. The fourth-order valence-electron chi connectivity index (χ4n) is 0.592. The third-order valence-corrected chi connectivity index (χ3v) is 1.24. The lowest BCUT2D eigenvalue weighted by Crippen LogP contribution is -2.05. The lowest BCUT2D eigenvalue weighted by molar-refractivity contribution is -0.137. The SMILES string of the molecule is C=CCC=C(C)C(=O)OCC=C.N. The molecular formula is C10H17NO2. The van der Waals surface area contributed by atoms with Gasteiger partial charge in [0, 0.05) is 5.57 Å². The summed E-state index contributed by atoms with van der Waals surface area (Å²) in [5.41, 5.74) is 0.608. The topological polar surface area (TPSA) is 61.3 Å². The molecule has 0 saturated carbocycles. The summed E-state index contributed by atoms with van der Waals surface area (Å²) >= 11 is 0. The van der Waals surface area contributed by atoms with E-state index in [1.807, 2.05) is 0 Å². The van der Waals surface area contributed by atoms with Crippen LogP contribution in [-0.4, -0.2) is 12.6 Å². The van der Waals surface area contributed by atoms with E-state index < -0.39 is 0 Å². The molecule has 0 aliphatic rings. The Morgan fingerprint density at radius 2 is 2.00 bits per heavy atom. The van der Waals surface area contributed by atoms with Crippen LogP contribution in [0.15, 0.2) is 37.0 Å². The van der Waals surface area contributed by atoms with Gasteiger partial charge in [-0.25, -0.2) is 4.79 Å². The fraction of sp³-hybridized carbons (Fsp3) is 0.300. The van der Waals surface area contributed by atoms with Gasteiger partial charge < -0.3 is 10.9 Å². The monoisotopic (exact) mass is 183 g/mol. The predicted octanol–water partition coefficient (Wildman–Crippen LogP) is 2.40. The van der Waals surface area contributed by atoms with Crippen LogP contribution >= 0.6 is 0 Å². The first-order valence-electron chi connectivity index (χ1n) is 3.78. The fourth-order valence-corrected chi connectivity index (χ4v) is 0.592. The maximum atomic E-state index is 11.0. The standard InChI is InChI=1S/C10H14O2.H3N/c1-4-6-7-9(3)10(11)12-8-5-2;/h4-5,7H,1-2,6,8H2,3H3;1H3. The third kappa shape index (κ3) is 7.03. The molecule has 0 unspecified atom stereocenters. The molecule has 3 nitrogen and oxygen atoms in total. The smallest absolute Gasteiger partial charge is 0.333 e. The second-order valence-corrected chi connectivity index (χ2v) is 2.30. The largest absolute Gasteiger partial charge is 0.458 e. The van der Waals surface area contributed by atoms with Gasteiger partial charge in [0.05, 0.1) is 0 Å². The highest BCUT2D eigenvalue weighted by Gasteiger charge is 2.02. The Bertz CT molecular complexity index is 207. The molecule has 0 heterocycles. The Hall–Kier alpha value is -1.35. The normalized spacial score (nSPS) is 9.77. The summed E-state index contributed by atoms with van der Waals surface area (Å²) in [6.45, 7) is 8.96. The Labute approximate surface area is 79.4 Å². The van der Waals surface area contributed by atoms with Gasteiger partial charge in [-0.1, -0.05) is 24.8 Å². The summed E-state index contributed by atoms with van der Waals surface area (Å²) in [4.78, 5) is 11.0. The number of hydrogen-bond acceptors (Lipinski definition) is 3. The molecule has 0 saturated heterocycles. The third-order valence-electron chi connectivity index (χ3n) is 1.24. The van der Waals surface area contributed by atoms with Crippen LogP contribution in [0.5, 0.6) is 0 Å². The first-order valence-corrected chi connectivity index (χ1v) is 3.78. The minimum absolute atomic E-state index is 0. The quantitative estimate of drug-likeness (QED) is 0.404. The van der Waals surface area contributed by atoms with E-state index in [9.17, 15) is 4.79 Å². The zero-order chi connectivity index (χ0) is 9.40. The summed E-state index contributed by atoms with van der Waals surface area (Å²) in [5, 5.41) is 0. The van der Waals surface area contributed by atoms with E-state index in [0.29, 0.717) is 12.0 Å². The molecular weight excluding hydrogens is 166 g/mol. The molecule has 0 bridgehead atoms. The van der Waals surface area contributed by atoms with Gasteiger partial charge in [0.25, 0.3) is 0 Å². The van der Waals surface area contributed by atoms with Crippen LogP contribution in [0.1, 0.15) is 13.3 Å². The number of hydrogen-bond donors (Lipinski definition) is 1. The van der Waals surface area contributed by atoms with Gasteiger partial charge >= 0.3 is 5.97 Å². The van der Waals surface area contributed by atoms with Gasteiger partial charge in [-0.15, -0.1) is 6.58 Å². The number of carbonyl (C=O) groups is 1. The molecule has 0 aromatic heterocycles. The summed E-state index contributed by atoms with van der Waals surface area (Å²) in [5.74, 6) is -0.295. The van der Waals surface area contributed by atoms with Crippen LogP contribution < -0.4 is 6.15 Å². The maximum absolute atomic E-state index is 11.0. The van der Waals surface area contributed by atoms with Crippen LogP contribution in [-0.2, 0) is 9.53 Å². The highest BCUT2D eigenvalue weighted by atomic mass is 16.5. The Morgan fingerprint density at radius 3 is 2.46 bits per heavy atom. The van der Waals surface area contributed by atoms with E-state index in [2.05, 4.69) is 13.2 Å². The van der Waals surface area contributed by atoms with Gasteiger partial charge in [0.15, 0.2) is 0 Å². The molecule has 3 heteroatoms. The Kier molecular flexibility index (Phi) is 9.54. The number of allylic oxidation sites excluding steroid dienone is 2. The van der Waals surface area contributed by atoms with E-state index in [0.717, 1.165) is 0 Å². The van der Waals surface area contributed by atoms with E-state index in [4.69, 9.17) is 4.74 Å². The van der Waals surface area contributed by atoms with Crippen molar-refractivity contribution in [1.82, 2.24) is 6.15 Å². The average molecular weight is 183 g/mol. The van der Waals surface area contributed by atoms with E-state index in [1.54, 1.807) is 25.2 Å². The molecule has 0 aromatic carbocycles. The average Bonchev–Trinajstić information content (AvgIpc) is 2.10. The van der Waals surface area contributed by atoms with Crippen LogP contribution in [0, 0.1) is 0 Å². The minimum atomic E-state index is -0.295.